The predicted molar refractivity (Wildman–Crippen MR) is 81.0 cm³/mol. The molecule has 0 bridgehead atoms. The van der Waals surface area contributed by atoms with Crippen molar-refractivity contribution in [1.82, 2.24) is 15.6 Å². The van der Waals surface area contributed by atoms with Crippen molar-refractivity contribution in [3.05, 3.63) is 65.0 Å². The maximum Gasteiger partial charge on any atom is 0.407 e. The predicted octanol–water partition coefficient (Wildman–Crippen LogP) is 2.15. The second-order valence-electron chi connectivity index (χ2n) is 4.76. The van der Waals surface area contributed by atoms with Crippen molar-refractivity contribution in [2.75, 3.05) is 7.11 Å². The van der Waals surface area contributed by atoms with E-state index in [0.29, 0.717) is 5.69 Å². The Kier molecular flexibility index (Phi) is 5.78. The van der Waals surface area contributed by atoms with Gasteiger partial charge >= 0.3 is 6.09 Å². The van der Waals surface area contributed by atoms with Crippen LogP contribution in [0.5, 0.6) is 0 Å². The topological polar surface area (TPSA) is 80.3 Å². The molecule has 0 aliphatic rings. The molecule has 0 spiro atoms. The van der Waals surface area contributed by atoms with Crippen molar-refractivity contribution >= 4 is 12.0 Å². The number of amides is 2. The van der Waals surface area contributed by atoms with Crippen LogP contribution in [0.4, 0.5) is 13.6 Å². The fourth-order valence-corrected chi connectivity index (χ4v) is 1.92. The normalized spacial score (nSPS) is 10.1. The molecule has 0 unspecified atom stereocenters. The third-order valence-corrected chi connectivity index (χ3v) is 3.17. The summed E-state index contributed by atoms with van der Waals surface area (Å²) in [6.07, 6.45) is 0.772. The Labute approximate surface area is 136 Å². The van der Waals surface area contributed by atoms with Gasteiger partial charge in [0, 0.05) is 23.9 Å². The number of hydrogen-bond acceptors (Lipinski definition) is 4. The highest BCUT2D eigenvalue weighted by molar-refractivity contribution is 5.94. The van der Waals surface area contributed by atoms with Crippen molar-refractivity contribution in [2.45, 2.75) is 13.1 Å². The molecule has 0 aliphatic heterocycles. The Bertz CT molecular complexity index is 733. The first-order valence-electron chi connectivity index (χ1n) is 6.99. The number of nitrogens with zero attached hydrogens (tertiary/aromatic N) is 1. The first-order chi connectivity index (χ1) is 11.5. The number of alkyl carbamates (subject to hydrolysis) is 1. The largest absolute Gasteiger partial charge is 0.453 e. The Morgan fingerprint density at radius 1 is 1.12 bits per heavy atom. The number of rotatable bonds is 5. The van der Waals surface area contributed by atoms with Gasteiger partial charge in [-0.2, -0.15) is 0 Å². The molecular formula is C16H15F2N3O3. The van der Waals surface area contributed by atoms with Crippen LogP contribution in [0.2, 0.25) is 0 Å². The minimum absolute atomic E-state index is 0.0791. The lowest BCUT2D eigenvalue weighted by Gasteiger charge is -2.08. The van der Waals surface area contributed by atoms with Gasteiger partial charge in [-0.25, -0.2) is 13.6 Å². The standard InChI is InChI=1S/C16H15F2N3O3/c1-24-16(23)21-8-11-7-10(5-6-19-11)15(22)20-9-12-13(17)3-2-4-14(12)18/h2-7H,8-9H2,1H3,(H,20,22)(H,21,23). The van der Waals surface area contributed by atoms with Gasteiger partial charge < -0.3 is 15.4 Å². The summed E-state index contributed by atoms with van der Waals surface area (Å²) < 4.78 is 31.5. The van der Waals surface area contributed by atoms with Crippen LogP contribution < -0.4 is 10.6 Å². The molecular weight excluding hydrogens is 320 g/mol. The molecule has 6 nitrogen and oxygen atoms in total. The van der Waals surface area contributed by atoms with Crippen molar-refractivity contribution < 1.29 is 23.1 Å². The average Bonchev–Trinajstić information content (AvgIpc) is 2.59. The lowest BCUT2D eigenvalue weighted by atomic mass is 10.1. The Hall–Kier alpha value is -3.03. The summed E-state index contributed by atoms with van der Waals surface area (Å²) in [6.45, 7) is -0.203. The lowest BCUT2D eigenvalue weighted by molar-refractivity contribution is 0.0950. The summed E-state index contributed by atoms with van der Waals surface area (Å²) in [5, 5.41) is 4.87. The van der Waals surface area contributed by atoms with Gasteiger partial charge in [0.2, 0.25) is 0 Å². The van der Waals surface area contributed by atoms with Gasteiger partial charge in [0.05, 0.1) is 19.3 Å². The van der Waals surface area contributed by atoms with Crippen LogP contribution >= 0.6 is 0 Å². The monoisotopic (exact) mass is 335 g/mol. The van der Waals surface area contributed by atoms with E-state index < -0.39 is 23.6 Å². The molecule has 0 fully saturated rings. The Balaban J connectivity index is 2.01. The zero-order valence-electron chi connectivity index (χ0n) is 12.8. The van der Waals surface area contributed by atoms with E-state index in [1.54, 1.807) is 0 Å². The molecule has 1 aromatic heterocycles. The molecule has 1 heterocycles. The van der Waals surface area contributed by atoms with Gasteiger partial charge in [-0.3, -0.25) is 9.78 Å². The second kappa shape index (κ2) is 8.00. The van der Waals surface area contributed by atoms with Gasteiger partial charge in [0.1, 0.15) is 11.6 Å². The molecule has 0 saturated carbocycles. The number of nitrogens with one attached hydrogen (secondary N) is 2. The summed E-state index contributed by atoms with van der Waals surface area (Å²) in [5.41, 5.74) is 0.473. The molecule has 0 atom stereocenters. The van der Waals surface area contributed by atoms with Gasteiger partial charge in [-0.05, 0) is 24.3 Å². The zero-order chi connectivity index (χ0) is 17.5. The number of aromatic nitrogens is 1. The van der Waals surface area contributed by atoms with Gasteiger partial charge in [0.25, 0.3) is 5.91 Å². The first kappa shape index (κ1) is 17.3. The van der Waals surface area contributed by atoms with Crippen molar-refractivity contribution in [3.8, 4) is 0 Å². The van der Waals surface area contributed by atoms with Gasteiger partial charge in [-0.1, -0.05) is 6.07 Å². The van der Waals surface area contributed by atoms with Crippen LogP contribution in [-0.2, 0) is 17.8 Å². The number of carbonyl (C=O) groups excluding carboxylic acids is 2. The number of carbonyl (C=O) groups is 2. The number of ether oxygens (including phenoxy) is 1. The van der Waals surface area contributed by atoms with Crippen molar-refractivity contribution in [1.29, 1.82) is 0 Å². The average molecular weight is 335 g/mol. The van der Waals surface area contributed by atoms with Crippen LogP contribution in [-0.4, -0.2) is 24.1 Å². The number of pyridine rings is 1. The molecule has 1 aromatic carbocycles. The Morgan fingerprint density at radius 2 is 1.83 bits per heavy atom. The SMILES string of the molecule is COC(=O)NCc1cc(C(=O)NCc2c(F)cccc2F)ccn1. The number of benzene rings is 1. The minimum Gasteiger partial charge on any atom is -0.453 e. The third-order valence-electron chi connectivity index (χ3n) is 3.17. The van der Waals surface area contributed by atoms with E-state index in [4.69, 9.17) is 0 Å². The van der Waals surface area contributed by atoms with Crippen molar-refractivity contribution in [3.63, 3.8) is 0 Å². The quantitative estimate of drug-likeness (QED) is 0.877. The van der Waals surface area contributed by atoms with Crippen LogP contribution in [0.1, 0.15) is 21.6 Å². The van der Waals surface area contributed by atoms with E-state index >= 15 is 0 Å². The highest BCUT2D eigenvalue weighted by Crippen LogP contribution is 2.12. The molecule has 0 saturated heterocycles. The van der Waals surface area contributed by atoms with Crippen LogP contribution in [0.25, 0.3) is 0 Å². The maximum absolute atomic E-state index is 13.5. The molecule has 126 valence electrons. The molecule has 2 aromatic rings. The van der Waals surface area contributed by atoms with E-state index in [9.17, 15) is 18.4 Å². The van der Waals surface area contributed by atoms with Crippen molar-refractivity contribution in [2.24, 2.45) is 0 Å². The molecule has 2 amide bonds. The maximum atomic E-state index is 13.5. The number of methoxy groups -OCH3 is 1. The highest BCUT2D eigenvalue weighted by atomic mass is 19.1. The van der Waals surface area contributed by atoms with Crippen LogP contribution in [0.3, 0.4) is 0 Å². The van der Waals surface area contributed by atoms with E-state index in [2.05, 4.69) is 20.4 Å². The second-order valence-corrected chi connectivity index (χ2v) is 4.76. The fraction of sp³-hybridized carbons (Fsp3) is 0.188. The molecule has 24 heavy (non-hydrogen) atoms. The van der Waals surface area contributed by atoms with Crippen LogP contribution in [0, 0.1) is 11.6 Å². The summed E-state index contributed by atoms with van der Waals surface area (Å²) in [6, 6.07) is 6.40. The lowest BCUT2D eigenvalue weighted by Crippen LogP contribution is -2.25. The van der Waals surface area contributed by atoms with E-state index in [0.717, 1.165) is 12.1 Å². The summed E-state index contributed by atoms with van der Waals surface area (Å²) >= 11 is 0. The molecule has 0 radical (unpaired) electrons. The van der Waals surface area contributed by atoms with E-state index in [-0.39, 0.29) is 24.2 Å². The molecule has 0 aliphatic carbocycles. The molecule has 2 rings (SSSR count). The number of halogens is 2. The van der Waals surface area contributed by atoms with E-state index in [1.807, 2.05) is 0 Å². The van der Waals surface area contributed by atoms with Gasteiger partial charge in [-0.15, -0.1) is 0 Å². The van der Waals surface area contributed by atoms with E-state index in [1.165, 1.54) is 31.5 Å². The third kappa shape index (κ3) is 4.48. The summed E-state index contributed by atoms with van der Waals surface area (Å²) in [4.78, 5) is 27.1. The molecule has 2 N–H and O–H groups in total. The van der Waals surface area contributed by atoms with Crippen LogP contribution in [0.15, 0.2) is 36.5 Å². The summed E-state index contributed by atoms with van der Waals surface area (Å²) in [7, 11) is 1.23. The molecule has 8 heteroatoms. The first-order valence-corrected chi connectivity index (χ1v) is 6.99. The number of hydrogen-bond donors (Lipinski definition) is 2. The smallest absolute Gasteiger partial charge is 0.407 e. The highest BCUT2D eigenvalue weighted by Gasteiger charge is 2.12. The minimum atomic E-state index is -0.729. The summed E-state index contributed by atoms with van der Waals surface area (Å²) in [5.74, 6) is -1.97. The Morgan fingerprint density at radius 3 is 2.50 bits per heavy atom. The van der Waals surface area contributed by atoms with Gasteiger partial charge in [0.15, 0.2) is 0 Å². The fourth-order valence-electron chi connectivity index (χ4n) is 1.92. The zero-order valence-corrected chi connectivity index (χ0v) is 12.8.